The number of aliphatic hydroxyl groups is 1. The number of carbonyl (C=O) groups excluding carboxylic acids is 2. The molecule has 7 heteroatoms. The van der Waals surface area contributed by atoms with Crippen molar-refractivity contribution in [3.05, 3.63) is 58.6 Å². The summed E-state index contributed by atoms with van der Waals surface area (Å²) in [4.78, 5) is 27.6. The first-order valence-corrected chi connectivity index (χ1v) is 11.5. The van der Waals surface area contributed by atoms with Crippen LogP contribution in [-0.2, 0) is 14.3 Å². The summed E-state index contributed by atoms with van der Waals surface area (Å²) in [6, 6.07) is 7.97. The van der Waals surface area contributed by atoms with Gasteiger partial charge in [0.25, 0.3) is 11.7 Å². The molecule has 3 heterocycles. The molecular formula is C26H31NO6. The third kappa shape index (κ3) is 4.69. The Labute approximate surface area is 194 Å². The first kappa shape index (κ1) is 23.1. The van der Waals surface area contributed by atoms with Crippen LogP contribution in [0.2, 0.25) is 0 Å². The quantitative estimate of drug-likeness (QED) is 0.376. The van der Waals surface area contributed by atoms with Crippen molar-refractivity contribution < 1.29 is 28.6 Å². The highest BCUT2D eigenvalue weighted by atomic mass is 16.5. The van der Waals surface area contributed by atoms with E-state index in [1.165, 1.54) is 4.90 Å². The average Bonchev–Trinajstić information content (AvgIpc) is 3.49. The zero-order chi connectivity index (χ0) is 23.7. The van der Waals surface area contributed by atoms with Crippen molar-refractivity contribution in [1.82, 2.24) is 4.90 Å². The van der Waals surface area contributed by atoms with E-state index >= 15 is 0 Å². The molecule has 0 aliphatic carbocycles. The van der Waals surface area contributed by atoms with Gasteiger partial charge in [-0.3, -0.25) is 9.59 Å². The van der Waals surface area contributed by atoms with Crippen LogP contribution in [-0.4, -0.2) is 47.6 Å². The maximum atomic E-state index is 13.1. The molecule has 33 heavy (non-hydrogen) atoms. The summed E-state index contributed by atoms with van der Waals surface area (Å²) in [6.45, 7) is 9.32. The molecule has 0 saturated carbocycles. The molecule has 1 aromatic heterocycles. The van der Waals surface area contributed by atoms with E-state index in [-0.39, 0.29) is 24.0 Å². The monoisotopic (exact) mass is 453 g/mol. The van der Waals surface area contributed by atoms with Crippen LogP contribution in [0.3, 0.4) is 0 Å². The minimum atomic E-state index is -0.805. The smallest absolute Gasteiger partial charge is 0.295 e. The lowest BCUT2D eigenvalue weighted by atomic mass is 9.98. The van der Waals surface area contributed by atoms with E-state index in [2.05, 4.69) is 13.8 Å². The van der Waals surface area contributed by atoms with Gasteiger partial charge in [-0.15, -0.1) is 0 Å². The van der Waals surface area contributed by atoms with Crippen LogP contribution in [0, 0.1) is 19.8 Å². The van der Waals surface area contributed by atoms with Crippen LogP contribution in [0.15, 0.2) is 40.3 Å². The Bertz CT molecular complexity index is 1080. The Morgan fingerprint density at radius 1 is 1.21 bits per heavy atom. The van der Waals surface area contributed by atoms with Gasteiger partial charge < -0.3 is 23.9 Å². The number of furan rings is 1. The summed E-state index contributed by atoms with van der Waals surface area (Å²) in [5, 5.41) is 11.2. The minimum absolute atomic E-state index is 0.0302. The lowest BCUT2D eigenvalue weighted by Crippen LogP contribution is -2.36. The van der Waals surface area contributed by atoms with Gasteiger partial charge in [0.1, 0.15) is 29.1 Å². The maximum Gasteiger partial charge on any atom is 0.295 e. The molecule has 2 fully saturated rings. The number of amides is 1. The fourth-order valence-electron chi connectivity index (χ4n) is 4.34. The van der Waals surface area contributed by atoms with E-state index in [1.54, 1.807) is 37.3 Å². The van der Waals surface area contributed by atoms with Gasteiger partial charge in [0, 0.05) is 18.7 Å². The predicted molar refractivity (Wildman–Crippen MR) is 123 cm³/mol. The molecule has 2 aliphatic heterocycles. The van der Waals surface area contributed by atoms with Crippen molar-refractivity contribution in [2.45, 2.75) is 52.7 Å². The fourth-order valence-corrected chi connectivity index (χ4v) is 4.34. The van der Waals surface area contributed by atoms with Crippen molar-refractivity contribution in [3.63, 3.8) is 0 Å². The lowest BCUT2D eigenvalue weighted by molar-refractivity contribution is -0.141. The van der Waals surface area contributed by atoms with Crippen LogP contribution in [0.1, 0.15) is 55.4 Å². The van der Waals surface area contributed by atoms with Crippen molar-refractivity contribution in [3.8, 4) is 5.75 Å². The molecule has 0 spiro atoms. The molecule has 2 saturated heterocycles. The first-order valence-electron chi connectivity index (χ1n) is 11.5. The minimum Gasteiger partial charge on any atom is -0.507 e. The van der Waals surface area contributed by atoms with Crippen LogP contribution in [0.4, 0.5) is 0 Å². The topological polar surface area (TPSA) is 89.2 Å². The van der Waals surface area contributed by atoms with Crippen molar-refractivity contribution in [2.24, 2.45) is 5.92 Å². The highest BCUT2D eigenvalue weighted by molar-refractivity contribution is 6.46. The molecule has 0 radical (unpaired) electrons. The molecule has 7 nitrogen and oxygen atoms in total. The maximum absolute atomic E-state index is 13.1. The second-order valence-electron chi connectivity index (χ2n) is 9.22. The SMILES string of the molecule is Cc1ccc(C2/C(=C(/O)c3ccc(OCC(C)C)c(C)c3)C(=O)C(=O)N2CC2CCCO2)o1. The van der Waals surface area contributed by atoms with Crippen molar-refractivity contribution in [1.29, 1.82) is 0 Å². The van der Waals surface area contributed by atoms with Crippen LogP contribution >= 0.6 is 0 Å². The standard InChI is InChI=1S/C26H31NO6/c1-15(2)14-32-20-10-8-18(12-16(20)3)24(28)22-23(21-9-7-17(4)33-21)27(26(30)25(22)29)13-19-6-5-11-31-19/h7-10,12,15,19,23,28H,5-6,11,13-14H2,1-4H3/b24-22-. The molecule has 2 aliphatic rings. The molecule has 1 amide bonds. The number of nitrogens with zero attached hydrogens (tertiary/aromatic N) is 1. The number of rotatable bonds is 7. The highest BCUT2D eigenvalue weighted by Crippen LogP contribution is 2.41. The van der Waals surface area contributed by atoms with Gasteiger partial charge in [-0.25, -0.2) is 0 Å². The summed E-state index contributed by atoms with van der Waals surface area (Å²) in [5.41, 5.74) is 1.31. The van der Waals surface area contributed by atoms with E-state index in [4.69, 9.17) is 13.9 Å². The van der Waals surface area contributed by atoms with Crippen LogP contribution in [0.5, 0.6) is 5.75 Å². The molecule has 1 N–H and O–H groups in total. The fraction of sp³-hybridized carbons (Fsp3) is 0.462. The van der Waals surface area contributed by atoms with Crippen molar-refractivity contribution in [2.75, 3.05) is 19.8 Å². The number of ketones is 1. The van der Waals surface area contributed by atoms with E-state index in [1.807, 2.05) is 6.92 Å². The number of ether oxygens (including phenoxy) is 2. The van der Waals surface area contributed by atoms with E-state index in [9.17, 15) is 14.7 Å². The Balaban J connectivity index is 1.73. The van der Waals surface area contributed by atoms with E-state index in [0.717, 1.165) is 24.2 Å². The summed E-state index contributed by atoms with van der Waals surface area (Å²) in [6.07, 6.45) is 1.61. The normalized spacial score (nSPS) is 22.5. The third-order valence-corrected chi connectivity index (χ3v) is 6.02. The molecule has 0 bridgehead atoms. The van der Waals surface area contributed by atoms with Crippen molar-refractivity contribution >= 4 is 17.4 Å². The van der Waals surface area contributed by atoms with Crippen LogP contribution < -0.4 is 4.74 Å². The Kier molecular flexibility index (Phi) is 6.61. The number of aliphatic hydroxyl groups excluding tert-OH is 1. The van der Waals surface area contributed by atoms with Gasteiger partial charge in [0.2, 0.25) is 0 Å². The summed E-state index contributed by atoms with van der Waals surface area (Å²) in [7, 11) is 0. The molecule has 2 unspecified atom stereocenters. The molecular weight excluding hydrogens is 422 g/mol. The molecule has 176 valence electrons. The highest BCUT2D eigenvalue weighted by Gasteiger charge is 2.48. The zero-order valence-corrected chi connectivity index (χ0v) is 19.6. The van der Waals surface area contributed by atoms with Gasteiger partial charge in [-0.2, -0.15) is 0 Å². The number of hydrogen-bond acceptors (Lipinski definition) is 6. The first-order chi connectivity index (χ1) is 15.8. The second-order valence-corrected chi connectivity index (χ2v) is 9.22. The molecule has 4 rings (SSSR count). The largest absolute Gasteiger partial charge is 0.507 e. The van der Waals surface area contributed by atoms with Crippen LogP contribution in [0.25, 0.3) is 5.76 Å². The Morgan fingerprint density at radius 2 is 2.00 bits per heavy atom. The number of carbonyl (C=O) groups is 2. The lowest BCUT2D eigenvalue weighted by Gasteiger charge is -2.25. The van der Waals surface area contributed by atoms with E-state index < -0.39 is 17.7 Å². The van der Waals surface area contributed by atoms with Gasteiger partial charge in [0.15, 0.2) is 0 Å². The molecule has 2 aromatic rings. The van der Waals surface area contributed by atoms with E-state index in [0.29, 0.717) is 36.2 Å². The number of hydrogen-bond donors (Lipinski definition) is 1. The molecule has 1 aromatic carbocycles. The van der Waals surface area contributed by atoms with Gasteiger partial charge in [0.05, 0.1) is 18.3 Å². The average molecular weight is 454 g/mol. The number of Topliss-reactive ketones (excluding diaryl/α,β-unsaturated/α-hetero) is 1. The predicted octanol–water partition coefficient (Wildman–Crippen LogP) is 4.53. The molecule has 2 atom stereocenters. The van der Waals surface area contributed by atoms with Gasteiger partial charge in [-0.05, 0) is 68.5 Å². The summed E-state index contributed by atoms with van der Waals surface area (Å²) < 4.78 is 17.4. The zero-order valence-electron chi connectivity index (χ0n) is 19.6. The summed E-state index contributed by atoms with van der Waals surface area (Å²) in [5.74, 6) is 0.615. The summed E-state index contributed by atoms with van der Waals surface area (Å²) >= 11 is 0. The Hall–Kier alpha value is -3.06. The number of benzene rings is 1. The third-order valence-electron chi connectivity index (χ3n) is 6.02. The number of likely N-dealkylation sites (tertiary alicyclic amines) is 1. The number of aryl methyl sites for hydroxylation is 2. The van der Waals surface area contributed by atoms with Gasteiger partial charge in [-0.1, -0.05) is 13.8 Å². The Morgan fingerprint density at radius 3 is 2.61 bits per heavy atom. The second kappa shape index (κ2) is 9.43. The van der Waals surface area contributed by atoms with Gasteiger partial charge >= 0.3 is 0 Å².